The quantitative estimate of drug-likeness (QED) is 0.700. The van der Waals surface area contributed by atoms with Gasteiger partial charge in [-0.25, -0.2) is 15.0 Å². The first-order valence-electron chi connectivity index (χ1n) is 5.04. The van der Waals surface area contributed by atoms with Gasteiger partial charge in [-0.1, -0.05) is 11.6 Å². The molecule has 2 aromatic rings. The summed E-state index contributed by atoms with van der Waals surface area (Å²) in [5, 5.41) is 0.476. The Hall–Kier alpha value is -1.62. The molecule has 0 unspecified atom stereocenters. The molecule has 5 nitrogen and oxygen atoms in total. The second kappa shape index (κ2) is 3.75. The normalized spacial score (nSPS) is 14.9. The minimum Gasteiger partial charge on any atom is -0.349 e. The molecular formula is C10H10ClN5. The summed E-state index contributed by atoms with van der Waals surface area (Å²) in [6.45, 7) is 2.65. The van der Waals surface area contributed by atoms with Crippen molar-refractivity contribution in [2.24, 2.45) is 0 Å². The van der Waals surface area contributed by atoms with Gasteiger partial charge in [0.25, 0.3) is 0 Å². The molecule has 82 valence electrons. The molecule has 3 rings (SSSR count). The maximum Gasteiger partial charge on any atom is 0.134 e. The highest BCUT2D eigenvalue weighted by Crippen LogP contribution is 2.19. The SMILES string of the molecule is Clc1cc(N2CCn3cncc3C2)ncn1. The number of rotatable bonds is 1. The second-order valence-electron chi connectivity index (χ2n) is 3.70. The highest BCUT2D eigenvalue weighted by molar-refractivity contribution is 6.29. The lowest BCUT2D eigenvalue weighted by Gasteiger charge is -2.28. The van der Waals surface area contributed by atoms with Crippen molar-refractivity contribution in [3.05, 3.63) is 35.8 Å². The number of nitrogens with zero attached hydrogens (tertiary/aromatic N) is 5. The molecule has 1 aliphatic heterocycles. The van der Waals surface area contributed by atoms with Crippen LogP contribution in [0.25, 0.3) is 0 Å². The molecule has 0 aliphatic carbocycles. The Labute approximate surface area is 97.7 Å². The second-order valence-corrected chi connectivity index (χ2v) is 4.09. The summed E-state index contributed by atoms with van der Waals surface area (Å²) in [6.07, 6.45) is 5.23. The van der Waals surface area contributed by atoms with Crippen molar-refractivity contribution >= 4 is 17.4 Å². The van der Waals surface area contributed by atoms with Crippen LogP contribution >= 0.6 is 11.6 Å². The predicted molar refractivity (Wildman–Crippen MR) is 60.3 cm³/mol. The minimum atomic E-state index is 0.476. The van der Waals surface area contributed by atoms with Gasteiger partial charge in [-0.15, -0.1) is 0 Å². The first kappa shape index (κ1) is 9.59. The third-order valence-corrected chi connectivity index (χ3v) is 2.91. The average Bonchev–Trinajstić information content (AvgIpc) is 2.75. The summed E-state index contributed by atoms with van der Waals surface area (Å²) in [4.78, 5) is 14.4. The Balaban J connectivity index is 1.88. The van der Waals surface area contributed by atoms with Crippen LogP contribution in [0.5, 0.6) is 0 Å². The van der Waals surface area contributed by atoms with Crippen LogP contribution in [0.15, 0.2) is 24.9 Å². The highest BCUT2D eigenvalue weighted by atomic mass is 35.5. The highest BCUT2D eigenvalue weighted by Gasteiger charge is 2.17. The lowest BCUT2D eigenvalue weighted by Crippen LogP contribution is -2.33. The Morgan fingerprint density at radius 3 is 3.06 bits per heavy atom. The third-order valence-electron chi connectivity index (χ3n) is 2.71. The van der Waals surface area contributed by atoms with E-state index in [2.05, 4.69) is 24.4 Å². The maximum absolute atomic E-state index is 5.85. The lowest BCUT2D eigenvalue weighted by atomic mass is 10.3. The largest absolute Gasteiger partial charge is 0.349 e. The van der Waals surface area contributed by atoms with E-state index in [9.17, 15) is 0 Å². The van der Waals surface area contributed by atoms with E-state index in [1.165, 1.54) is 12.0 Å². The van der Waals surface area contributed by atoms with Crippen LogP contribution in [-0.4, -0.2) is 26.1 Å². The Bertz CT molecular complexity index is 509. The molecule has 0 radical (unpaired) electrons. The van der Waals surface area contributed by atoms with Crippen molar-refractivity contribution < 1.29 is 0 Å². The summed E-state index contributed by atoms with van der Waals surface area (Å²) in [6, 6.07) is 1.79. The van der Waals surface area contributed by atoms with Crippen molar-refractivity contribution in [3.63, 3.8) is 0 Å². The first-order chi connectivity index (χ1) is 7.83. The fraction of sp³-hybridized carbons (Fsp3) is 0.300. The van der Waals surface area contributed by atoms with Crippen molar-refractivity contribution in [1.29, 1.82) is 0 Å². The van der Waals surface area contributed by atoms with Crippen LogP contribution in [0.1, 0.15) is 5.69 Å². The fourth-order valence-electron chi connectivity index (χ4n) is 1.88. The molecule has 0 spiro atoms. The van der Waals surface area contributed by atoms with Gasteiger partial charge in [-0.3, -0.25) is 0 Å². The van der Waals surface area contributed by atoms with Crippen LogP contribution in [0.3, 0.4) is 0 Å². The maximum atomic E-state index is 5.85. The van der Waals surface area contributed by atoms with Crippen molar-refractivity contribution in [1.82, 2.24) is 19.5 Å². The molecule has 2 aromatic heterocycles. The third kappa shape index (κ3) is 1.63. The number of aromatic nitrogens is 4. The van der Waals surface area contributed by atoms with E-state index in [1.807, 2.05) is 12.5 Å². The molecule has 1 aliphatic rings. The summed E-state index contributed by atoms with van der Waals surface area (Å²) in [5.74, 6) is 0.868. The van der Waals surface area contributed by atoms with Gasteiger partial charge in [0.1, 0.15) is 17.3 Å². The van der Waals surface area contributed by atoms with Gasteiger partial charge in [0, 0.05) is 25.4 Å². The zero-order valence-electron chi connectivity index (χ0n) is 8.54. The summed E-state index contributed by atoms with van der Waals surface area (Å²) >= 11 is 5.85. The van der Waals surface area contributed by atoms with Crippen LogP contribution in [0.4, 0.5) is 5.82 Å². The molecule has 0 saturated carbocycles. The molecule has 16 heavy (non-hydrogen) atoms. The number of fused-ring (bicyclic) bond motifs is 1. The van der Waals surface area contributed by atoms with Gasteiger partial charge < -0.3 is 9.47 Å². The molecule has 0 atom stereocenters. The fourth-order valence-corrected chi connectivity index (χ4v) is 2.02. The smallest absolute Gasteiger partial charge is 0.134 e. The van der Waals surface area contributed by atoms with Gasteiger partial charge in [-0.05, 0) is 0 Å². The van der Waals surface area contributed by atoms with Gasteiger partial charge in [0.15, 0.2) is 0 Å². The average molecular weight is 236 g/mol. The van der Waals surface area contributed by atoms with Crippen molar-refractivity contribution in [2.75, 3.05) is 11.4 Å². The van der Waals surface area contributed by atoms with E-state index < -0.39 is 0 Å². The monoisotopic (exact) mass is 235 g/mol. The molecule has 0 aromatic carbocycles. The van der Waals surface area contributed by atoms with Crippen LogP contribution in [-0.2, 0) is 13.1 Å². The number of hydrogen-bond acceptors (Lipinski definition) is 4. The molecule has 0 saturated heterocycles. The van der Waals surface area contributed by atoms with Crippen LogP contribution in [0.2, 0.25) is 5.15 Å². The molecular weight excluding hydrogens is 226 g/mol. The predicted octanol–water partition coefficient (Wildman–Crippen LogP) is 1.35. The van der Waals surface area contributed by atoms with E-state index in [4.69, 9.17) is 11.6 Å². The van der Waals surface area contributed by atoms with E-state index in [0.29, 0.717) is 5.15 Å². The molecule has 0 bridgehead atoms. The zero-order valence-corrected chi connectivity index (χ0v) is 9.30. The topological polar surface area (TPSA) is 46.8 Å². The molecule has 6 heteroatoms. The number of imidazole rings is 1. The van der Waals surface area contributed by atoms with Crippen molar-refractivity contribution in [3.8, 4) is 0 Å². The number of hydrogen-bond donors (Lipinski definition) is 0. The number of halogens is 1. The molecule has 3 heterocycles. The summed E-state index contributed by atoms with van der Waals surface area (Å²) < 4.78 is 2.15. The van der Waals surface area contributed by atoms with Gasteiger partial charge in [-0.2, -0.15) is 0 Å². The molecule has 0 fully saturated rings. The Morgan fingerprint density at radius 1 is 1.25 bits per heavy atom. The lowest BCUT2D eigenvalue weighted by molar-refractivity contribution is 0.567. The minimum absolute atomic E-state index is 0.476. The van der Waals surface area contributed by atoms with E-state index in [1.54, 1.807) is 6.07 Å². The van der Waals surface area contributed by atoms with Gasteiger partial charge in [0.2, 0.25) is 0 Å². The van der Waals surface area contributed by atoms with Crippen LogP contribution < -0.4 is 4.90 Å². The van der Waals surface area contributed by atoms with Gasteiger partial charge >= 0.3 is 0 Å². The standard InChI is InChI=1S/C10H10ClN5/c11-9-3-10(14-6-13-9)15-1-2-16-7-12-4-8(16)5-15/h3-4,6-7H,1-2,5H2. The molecule has 0 amide bonds. The van der Waals surface area contributed by atoms with E-state index in [-0.39, 0.29) is 0 Å². The van der Waals surface area contributed by atoms with Gasteiger partial charge in [0.05, 0.1) is 18.6 Å². The number of anilines is 1. The van der Waals surface area contributed by atoms with Crippen LogP contribution in [0, 0.1) is 0 Å². The van der Waals surface area contributed by atoms with E-state index in [0.717, 1.165) is 25.5 Å². The molecule has 0 N–H and O–H groups in total. The summed E-state index contributed by atoms with van der Waals surface area (Å²) in [7, 11) is 0. The van der Waals surface area contributed by atoms with Crippen molar-refractivity contribution in [2.45, 2.75) is 13.1 Å². The zero-order chi connectivity index (χ0) is 11.0. The first-order valence-corrected chi connectivity index (χ1v) is 5.42. The Morgan fingerprint density at radius 2 is 2.19 bits per heavy atom. The Kier molecular flexibility index (Phi) is 2.25. The summed E-state index contributed by atoms with van der Waals surface area (Å²) in [5.41, 5.74) is 1.20. The van der Waals surface area contributed by atoms with E-state index >= 15 is 0 Å².